The molecule has 1 heteroatoms. The SMILES string of the molecule is c1ccc(-c2ccc([C@H]3O[C@H]3c3ccc(-c4ccccc4)cc3)cc2)cc1. The molecule has 0 bridgehead atoms. The molecule has 1 fully saturated rings. The fraction of sp³-hybridized carbons (Fsp3) is 0.0769. The number of ether oxygens (including phenoxy) is 1. The van der Waals surface area contributed by atoms with Crippen LogP contribution in [-0.4, -0.2) is 0 Å². The van der Waals surface area contributed by atoms with Gasteiger partial charge in [-0.2, -0.15) is 0 Å². The average Bonchev–Trinajstić information content (AvgIpc) is 3.56. The molecule has 4 aromatic rings. The Kier molecular flexibility index (Phi) is 4.08. The van der Waals surface area contributed by atoms with E-state index in [2.05, 4.69) is 97.1 Å². The van der Waals surface area contributed by atoms with Gasteiger partial charge in [-0.1, -0.05) is 109 Å². The number of rotatable bonds is 4. The molecule has 1 heterocycles. The molecule has 4 aromatic carbocycles. The van der Waals surface area contributed by atoms with Crippen LogP contribution in [0.15, 0.2) is 109 Å². The Labute approximate surface area is 159 Å². The Morgan fingerprint density at radius 1 is 0.370 bits per heavy atom. The molecule has 0 N–H and O–H groups in total. The summed E-state index contributed by atoms with van der Waals surface area (Å²) in [7, 11) is 0. The molecule has 2 atom stereocenters. The van der Waals surface area contributed by atoms with Gasteiger partial charge >= 0.3 is 0 Å². The van der Waals surface area contributed by atoms with Gasteiger partial charge in [-0.15, -0.1) is 0 Å². The lowest BCUT2D eigenvalue weighted by molar-refractivity contribution is 0.378. The third kappa shape index (κ3) is 3.30. The van der Waals surface area contributed by atoms with Crippen LogP contribution in [0.2, 0.25) is 0 Å². The van der Waals surface area contributed by atoms with Gasteiger partial charge in [0, 0.05) is 0 Å². The molecule has 0 saturated carbocycles. The number of epoxide rings is 1. The molecule has 1 saturated heterocycles. The minimum absolute atomic E-state index is 0.164. The summed E-state index contributed by atoms with van der Waals surface area (Å²) in [5.41, 5.74) is 7.45. The van der Waals surface area contributed by atoms with Crippen LogP contribution in [0.3, 0.4) is 0 Å². The molecular weight excluding hydrogens is 328 g/mol. The molecule has 1 nitrogen and oxygen atoms in total. The number of hydrogen-bond donors (Lipinski definition) is 0. The highest BCUT2D eigenvalue weighted by atomic mass is 16.6. The summed E-state index contributed by atoms with van der Waals surface area (Å²) < 4.78 is 5.98. The van der Waals surface area contributed by atoms with Crippen LogP contribution >= 0.6 is 0 Å². The molecule has 0 unspecified atom stereocenters. The summed E-state index contributed by atoms with van der Waals surface area (Å²) in [4.78, 5) is 0. The first kappa shape index (κ1) is 16.0. The lowest BCUT2D eigenvalue weighted by Gasteiger charge is -2.04. The molecule has 0 aliphatic carbocycles. The third-order valence-corrected chi connectivity index (χ3v) is 5.18. The van der Waals surface area contributed by atoms with Gasteiger partial charge in [-0.25, -0.2) is 0 Å². The minimum Gasteiger partial charge on any atom is -0.359 e. The Bertz CT molecular complexity index is 932. The summed E-state index contributed by atoms with van der Waals surface area (Å²) in [6.07, 6.45) is 0.329. The van der Waals surface area contributed by atoms with E-state index in [0.29, 0.717) is 0 Å². The van der Waals surface area contributed by atoms with Gasteiger partial charge in [-0.05, 0) is 33.4 Å². The summed E-state index contributed by atoms with van der Waals surface area (Å²) in [6.45, 7) is 0. The van der Waals surface area contributed by atoms with Crippen molar-refractivity contribution in [3.8, 4) is 22.3 Å². The van der Waals surface area contributed by atoms with Crippen molar-refractivity contribution in [1.29, 1.82) is 0 Å². The highest BCUT2D eigenvalue weighted by Gasteiger charge is 2.41. The van der Waals surface area contributed by atoms with E-state index in [-0.39, 0.29) is 12.2 Å². The fourth-order valence-corrected chi connectivity index (χ4v) is 3.61. The largest absolute Gasteiger partial charge is 0.359 e. The smallest absolute Gasteiger partial charge is 0.114 e. The van der Waals surface area contributed by atoms with Crippen molar-refractivity contribution in [3.63, 3.8) is 0 Å². The summed E-state index contributed by atoms with van der Waals surface area (Å²) in [5.74, 6) is 0. The second-order valence-corrected chi connectivity index (χ2v) is 6.95. The van der Waals surface area contributed by atoms with E-state index in [1.54, 1.807) is 0 Å². The van der Waals surface area contributed by atoms with Crippen molar-refractivity contribution < 1.29 is 4.74 Å². The monoisotopic (exact) mass is 348 g/mol. The maximum Gasteiger partial charge on any atom is 0.114 e. The third-order valence-electron chi connectivity index (χ3n) is 5.18. The predicted octanol–water partition coefficient (Wildman–Crippen LogP) is 6.83. The zero-order chi connectivity index (χ0) is 18.1. The quantitative estimate of drug-likeness (QED) is 0.368. The van der Waals surface area contributed by atoms with Crippen molar-refractivity contribution in [1.82, 2.24) is 0 Å². The lowest BCUT2D eigenvalue weighted by Crippen LogP contribution is -1.86. The molecule has 0 aromatic heterocycles. The molecule has 0 radical (unpaired) electrons. The standard InChI is InChI=1S/C26H20O/c1-3-7-19(8-4-1)21-11-15-23(16-12-21)25-26(27-25)24-17-13-22(14-18-24)20-9-5-2-6-10-20/h1-18,25-26H/t25-,26+. The predicted molar refractivity (Wildman–Crippen MR) is 110 cm³/mol. The van der Waals surface area contributed by atoms with Gasteiger partial charge in [-0.3, -0.25) is 0 Å². The Morgan fingerprint density at radius 2 is 0.704 bits per heavy atom. The van der Waals surface area contributed by atoms with E-state index in [9.17, 15) is 0 Å². The molecule has 0 amide bonds. The van der Waals surface area contributed by atoms with Crippen LogP contribution < -0.4 is 0 Å². The van der Waals surface area contributed by atoms with Crippen LogP contribution in [0.4, 0.5) is 0 Å². The molecule has 1 aliphatic heterocycles. The zero-order valence-electron chi connectivity index (χ0n) is 15.0. The van der Waals surface area contributed by atoms with Gasteiger partial charge in [0.05, 0.1) is 0 Å². The molecular formula is C26H20O. The minimum atomic E-state index is 0.164. The van der Waals surface area contributed by atoms with E-state index in [0.717, 1.165) is 0 Å². The first-order valence-corrected chi connectivity index (χ1v) is 9.35. The van der Waals surface area contributed by atoms with E-state index in [1.807, 2.05) is 12.1 Å². The average molecular weight is 348 g/mol. The van der Waals surface area contributed by atoms with E-state index in [1.165, 1.54) is 33.4 Å². The first-order valence-electron chi connectivity index (χ1n) is 9.35. The summed E-state index contributed by atoms with van der Waals surface area (Å²) in [6, 6.07) is 38.4. The van der Waals surface area contributed by atoms with Crippen LogP contribution in [0, 0.1) is 0 Å². The highest BCUT2D eigenvalue weighted by molar-refractivity contribution is 5.64. The molecule has 1 aliphatic rings. The molecule has 5 rings (SSSR count). The van der Waals surface area contributed by atoms with E-state index in [4.69, 9.17) is 4.74 Å². The van der Waals surface area contributed by atoms with E-state index < -0.39 is 0 Å². The first-order chi connectivity index (χ1) is 13.4. The van der Waals surface area contributed by atoms with Crippen LogP contribution in [0.5, 0.6) is 0 Å². The van der Waals surface area contributed by atoms with Gasteiger partial charge in [0.1, 0.15) is 12.2 Å². The van der Waals surface area contributed by atoms with Crippen molar-refractivity contribution in [2.45, 2.75) is 12.2 Å². The van der Waals surface area contributed by atoms with Crippen LogP contribution in [0.25, 0.3) is 22.3 Å². The normalized spacial score (nSPS) is 18.2. The fourth-order valence-electron chi connectivity index (χ4n) is 3.61. The summed E-state index contributed by atoms with van der Waals surface area (Å²) >= 11 is 0. The second-order valence-electron chi connectivity index (χ2n) is 6.95. The van der Waals surface area contributed by atoms with Gasteiger partial charge in [0.15, 0.2) is 0 Å². The van der Waals surface area contributed by atoms with E-state index >= 15 is 0 Å². The van der Waals surface area contributed by atoms with Crippen molar-refractivity contribution in [2.24, 2.45) is 0 Å². The molecule has 130 valence electrons. The van der Waals surface area contributed by atoms with Gasteiger partial charge < -0.3 is 4.74 Å². The Balaban J connectivity index is 1.31. The van der Waals surface area contributed by atoms with Crippen molar-refractivity contribution in [3.05, 3.63) is 120 Å². The molecule has 27 heavy (non-hydrogen) atoms. The zero-order valence-corrected chi connectivity index (χ0v) is 15.0. The maximum absolute atomic E-state index is 5.98. The Hall–Kier alpha value is -3.16. The summed E-state index contributed by atoms with van der Waals surface area (Å²) in [5, 5.41) is 0. The van der Waals surface area contributed by atoms with Crippen LogP contribution in [-0.2, 0) is 4.74 Å². The maximum atomic E-state index is 5.98. The van der Waals surface area contributed by atoms with Gasteiger partial charge in [0.2, 0.25) is 0 Å². The lowest BCUT2D eigenvalue weighted by atomic mass is 9.99. The topological polar surface area (TPSA) is 12.5 Å². The van der Waals surface area contributed by atoms with Crippen LogP contribution in [0.1, 0.15) is 23.3 Å². The number of hydrogen-bond acceptors (Lipinski definition) is 1. The second kappa shape index (κ2) is 6.86. The van der Waals surface area contributed by atoms with Crippen molar-refractivity contribution in [2.75, 3.05) is 0 Å². The molecule has 0 spiro atoms. The highest BCUT2D eigenvalue weighted by Crippen LogP contribution is 2.51. The Morgan fingerprint density at radius 3 is 1.07 bits per heavy atom. The van der Waals surface area contributed by atoms with Crippen molar-refractivity contribution >= 4 is 0 Å². The van der Waals surface area contributed by atoms with Gasteiger partial charge in [0.25, 0.3) is 0 Å². The number of benzene rings is 4.